The molecular formula is C36H36Cl2N4O5. The quantitative estimate of drug-likeness (QED) is 0.173. The van der Waals surface area contributed by atoms with Gasteiger partial charge in [-0.15, -0.1) is 0 Å². The van der Waals surface area contributed by atoms with E-state index in [1.54, 1.807) is 18.5 Å². The number of ether oxygens (including phenoxy) is 1. The Hall–Kier alpha value is -3.50. The average Bonchev–Trinajstić information content (AvgIpc) is 3.82. The molecule has 2 bridgehead atoms. The summed E-state index contributed by atoms with van der Waals surface area (Å²) < 4.78 is 12.7. The van der Waals surface area contributed by atoms with Crippen LogP contribution >= 0.6 is 23.2 Å². The van der Waals surface area contributed by atoms with Gasteiger partial charge in [0, 0.05) is 60.4 Å². The second-order valence-electron chi connectivity index (χ2n) is 13.9. The van der Waals surface area contributed by atoms with Crippen LogP contribution in [0, 0.1) is 11.3 Å². The van der Waals surface area contributed by atoms with E-state index in [1.165, 1.54) is 0 Å². The van der Waals surface area contributed by atoms with Crippen LogP contribution in [0.4, 0.5) is 5.82 Å². The number of aromatic carboxylic acids is 1. The van der Waals surface area contributed by atoms with E-state index in [9.17, 15) is 15.0 Å². The first kappa shape index (κ1) is 30.8. The summed E-state index contributed by atoms with van der Waals surface area (Å²) >= 11 is 13.0. The van der Waals surface area contributed by atoms with E-state index in [2.05, 4.69) is 38.2 Å². The van der Waals surface area contributed by atoms with Gasteiger partial charge in [0.25, 0.3) is 0 Å². The van der Waals surface area contributed by atoms with Crippen molar-refractivity contribution in [3.05, 3.63) is 75.4 Å². The van der Waals surface area contributed by atoms with Gasteiger partial charge in [-0.25, -0.2) is 9.78 Å². The van der Waals surface area contributed by atoms with Crippen LogP contribution in [0.2, 0.25) is 10.0 Å². The summed E-state index contributed by atoms with van der Waals surface area (Å²) in [4.78, 5) is 22.4. The third-order valence-electron chi connectivity index (χ3n) is 10.8. The smallest absolute Gasteiger partial charge is 0.354 e. The molecule has 2 N–H and O–H groups in total. The molecule has 11 heteroatoms. The van der Waals surface area contributed by atoms with Crippen molar-refractivity contribution >= 4 is 51.8 Å². The highest BCUT2D eigenvalue weighted by Crippen LogP contribution is 2.55. The number of aliphatic hydroxyl groups is 1. The van der Waals surface area contributed by atoms with E-state index < -0.39 is 5.97 Å². The van der Waals surface area contributed by atoms with Gasteiger partial charge < -0.3 is 24.4 Å². The molecule has 47 heavy (non-hydrogen) atoms. The number of carboxylic acid groups (broad SMARTS) is 1. The Bertz CT molecular complexity index is 1850. The predicted molar refractivity (Wildman–Crippen MR) is 180 cm³/mol. The first-order chi connectivity index (χ1) is 22.8. The summed E-state index contributed by atoms with van der Waals surface area (Å²) in [5.41, 5.74) is 3.29. The number of hydrogen-bond acceptors (Lipinski definition) is 8. The van der Waals surface area contributed by atoms with E-state index in [1.807, 2.05) is 12.1 Å². The normalized spacial score (nSPS) is 24.4. The van der Waals surface area contributed by atoms with E-state index in [0.29, 0.717) is 52.7 Å². The molecule has 4 saturated carbocycles. The molecule has 0 unspecified atom stereocenters. The van der Waals surface area contributed by atoms with Crippen LogP contribution < -0.4 is 4.90 Å². The molecule has 1 aromatic carbocycles. The number of aliphatic hydroxyl groups excluding tert-OH is 1. The number of rotatable bonds is 10. The first-order valence-electron chi connectivity index (χ1n) is 16.4. The number of aromatic nitrogens is 3. The summed E-state index contributed by atoms with van der Waals surface area (Å²) in [6.07, 6.45) is 16.0. The minimum absolute atomic E-state index is 0.0335. The fourth-order valence-electron chi connectivity index (χ4n) is 7.67. The molecule has 244 valence electrons. The number of nitrogens with zero attached hydrogens (tertiary/aromatic N) is 4. The number of fused-ring (bicyclic) bond motifs is 4. The summed E-state index contributed by atoms with van der Waals surface area (Å²) in [5, 5.41) is 26.2. The van der Waals surface area contributed by atoms with Crippen molar-refractivity contribution in [1.82, 2.24) is 15.1 Å². The minimum atomic E-state index is -1.04. The first-order valence-corrected chi connectivity index (χ1v) is 17.2. The van der Waals surface area contributed by atoms with Crippen LogP contribution in [0.15, 0.2) is 47.3 Å². The summed E-state index contributed by atoms with van der Waals surface area (Å²) in [7, 11) is 0. The lowest BCUT2D eigenvalue weighted by Gasteiger charge is -2.52. The molecule has 0 atom stereocenters. The molecule has 4 heterocycles. The lowest BCUT2D eigenvalue weighted by atomic mass is 9.58. The van der Waals surface area contributed by atoms with Crippen LogP contribution in [-0.2, 0) is 11.3 Å². The molecule has 9 nitrogen and oxygen atoms in total. The molecule has 4 aromatic rings. The number of carbonyl (C=O) groups is 1. The van der Waals surface area contributed by atoms with Crippen LogP contribution in [0.1, 0.15) is 84.7 Å². The largest absolute Gasteiger partial charge is 0.477 e. The zero-order chi connectivity index (χ0) is 32.3. The number of pyridine rings is 2. The Kier molecular flexibility index (Phi) is 7.79. The minimum Gasteiger partial charge on any atom is -0.477 e. The Balaban J connectivity index is 0.984. The molecule has 9 rings (SSSR count). The molecule has 1 saturated heterocycles. The van der Waals surface area contributed by atoms with E-state index in [4.69, 9.17) is 32.5 Å². The number of carboxylic acids is 1. The number of anilines is 1. The number of benzene rings is 1. The molecule has 1 aliphatic heterocycles. The van der Waals surface area contributed by atoms with Gasteiger partial charge in [-0.2, -0.15) is 0 Å². The van der Waals surface area contributed by atoms with Crippen LogP contribution in [-0.4, -0.2) is 56.6 Å². The van der Waals surface area contributed by atoms with Gasteiger partial charge in [0.2, 0.25) is 0 Å². The second kappa shape index (κ2) is 11.9. The van der Waals surface area contributed by atoms with E-state index >= 15 is 0 Å². The molecule has 0 amide bonds. The van der Waals surface area contributed by atoms with Gasteiger partial charge in [-0.05, 0) is 79.9 Å². The SMILES string of the molecule is O=C(O)c1cc2ccc(C=CC34CCC(OCc5c(-c6c(Cl)cncc6Cl)noc5C5CC5)(CC3)CC4)cc2c(N2CC(CO)C2)n1. The Morgan fingerprint density at radius 2 is 1.79 bits per heavy atom. The molecular weight excluding hydrogens is 639 g/mol. The Morgan fingerprint density at radius 3 is 2.45 bits per heavy atom. The average molecular weight is 676 g/mol. The summed E-state index contributed by atoms with van der Waals surface area (Å²) in [6.45, 7) is 1.86. The maximum absolute atomic E-state index is 11.8. The summed E-state index contributed by atoms with van der Waals surface area (Å²) in [5.74, 6) is 1.07. The molecule has 0 radical (unpaired) electrons. The third-order valence-corrected chi connectivity index (χ3v) is 11.4. The van der Waals surface area contributed by atoms with E-state index in [-0.39, 0.29) is 29.2 Å². The number of hydrogen-bond donors (Lipinski definition) is 2. The summed E-state index contributed by atoms with van der Waals surface area (Å²) in [6, 6.07) is 7.77. The third kappa shape index (κ3) is 5.71. The molecule has 5 aliphatic rings. The maximum Gasteiger partial charge on any atom is 0.354 e. The van der Waals surface area contributed by atoms with Crippen molar-refractivity contribution in [2.45, 2.75) is 69.5 Å². The monoisotopic (exact) mass is 674 g/mol. The van der Waals surface area contributed by atoms with Crippen molar-refractivity contribution < 1.29 is 24.3 Å². The van der Waals surface area contributed by atoms with Gasteiger partial charge in [0.1, 0.15) is 17.3 Å². The van der Waals surface area contributed by atoms with Gasteiger partial charge in [0.15, 0.2) is 5.69 Å². The molecule has 5 fully saturated rings. The Morgan fingerprint density at radius 1 is 1.06 bits per heavy atom. The van der Waals surface area contributed by atoms with Gasteiger partial charge in [-0.1, -0.05) is 52.6 Å². The fourth-order valence-corrected chi connectivity index (χ4v) is 8.21. The standard InChI is InChI=1S/C36H36Cl2N4O5/c37-27-15-39-16-28(38)30(27)31-26(32(47-41-31)23-3-4-23)20-46-36-10-7-35(8-11-36,9-12-36)6-5-21-1-2-24-14-29(34(44)45)40-33(25(24)13-21)42-17-22(18-42)19-43/h1-2,5-6,13-16,22-23,43H,3-4,7-12,17-20H2,(H,44,45). The lowest BCUT2D eigenvalue weighted by Crippen LogP contribution is -2.49. The van der Waals surface area contributed by atoms with E-state index in [0.717, 1.165) is 79.0 Å². The zero-order valence-corrected chi connectivity index (χ0v) is 27.4. The van der Waals surface area contributed by atoms with Gasteiger partial charge in [0.05, 0.1) is 22.3 Å². The number of halogens is 2. The zero-order valence-electron chi connectivity index (χ0n) is 25.9. The van der Waals surface area contributed by atoms with Crippen molar-refractivity contribution in [1.29, 1.82) is 0 Å². The molecule has 3 aromatic heterocycles. The molecule has 0 spiro atoms. The molecule has 4 aliphatic carbocycles. The highest BCUT2D eigenvalue weighted by molar-refractivity contribution is 6.38. The highest BCUT2D eigenvalue weighted by atomic mass is 35.5. The van der Waals surface area contributed by atoms with Crippen LogP contribution in [0.5, 0.6) is 0 Å². The Labute approximate surface area is 282 Å². The maximum atomic E-state index is 11.8. The second-order valence-corrected chi connectivity index (χ2v) is 14.7. The topological polar surface area (TPSA) is 122 Å². The van der Waals surface area contributed by atoms with Gasteiger partial charge >= 0.3 is 5.97 Å². The fraction of sp³-hybridized carbons (Fsp3) is 0.444. The van der Waals surface area contributed by atoms with Gasteiger partial charge in [-0.3, -0.25) is 4.98 Å². The van der Waals surface area contributed by atoms with Crippen molar-refractivity contribution in [3.8, 4) is 11.3 Å². The lowest BCUT2D eigenvalue weighted by molar-refractivity contribution is -0.133. The number of allylic oxidation sites excluding steroid dienone is 1. The van der Waals surface area contributed by atoms with Crippen molar-refractivity contribution in [3.63, 3.8) is 0 Å². The van der Waals surface area contributed by atoms with Crippen molar-refractivity contribution in [2.75, 3.05) is 24.6 Å². The van der Waals surface area contributed by atoms with Crippen LogP contribution in [0.25, 0.3) is 28.1 Å². The predicted octanol–water partition coefficient (Wildman–Crippen LogP) is 7.92. The van der Waals surface area contributed by atoms with Crippen LogP contribution in [0.3, 0.4) is 0 Å². The highest BCUT2D eigenvalue weighted by Gasteiger charge is 2.48. The van der Waals surface area contributed by atoms with Crippen molar-refractivity contribution in [2.24, 2.45) is 11.3 Å².